The van der Waals surface area contributed by atoms with E-state index < -0.39 is 0 Å². The summed E-state index contributed by atoms with van der Waals surface area (Å²) < 4.78 is 1.66. The number of hydrogen-bond acceptors (Lipinski definition) is 5. The van der Waals surface area contributed by atoms with Gasteiger partial charge in [-0.15, -0.1) is 0 Å². The van der Waals surface area contributed by atoms with Crippen LogP contribution in [0.15, 0.2) is 30.9 Å². The molecule has 0 atom stereocenters. The van der Waals surface area contributed by atoms with Crippen LogP contribution in [0.1, 0.15) is 0 Å². The number of nitrogens with two attached hydrogens (primary N) is 1. The van der Waals surface area contributed by atoms with Crippen LogP contribution in [0.3, 0.4) is 0 Å². The lowest BCUT2D eigenvalue weighted by Crippen LogP contribution is -2.02. The quantitative estimate of drug-likeness (QED) is 0.657. The van der Waals surface area contributed by atoms with E-state index in [2.05, 4.69) is 20.1 Å². The van der Waals surface area contributed by atoms with Crippen molar-refractivity contribution in [3.05, 3.63) is 36.0 Å². The zero-order valence-corrected chi connectivity index (χ0v) is 9.33. The Morgan fingerprint density at radius 1 is 1.24 bits per heavy atom. The van der Waals surface area contributed by atoms with Crippen molar-refractivity contribution >= 4 is 28.5 Å². The van der Waals surface area contributed by atoms with Gasteiger partial charge in [0.1, 0.15) is 22.5 Å². The first-order valence-corrected chi connectivity index (χ1v) is 5.20. The van der Waals surface area contributed by atoms with Crippen molar-refractivity contribution in [3.63, 3.8) is 0 Å². The maximum absolute atomic E-state index is 5.95. The normalized spacial score (nSPS) is 10.9. The summed E-state index contributed by atoms with van der Waals surface area (Å²) in [4.78, 5) is 12.2. The smallest absolute Gasteiger partial charge is 0.153 e. The van der Waals surface area contributed by atoms with Crippen molar-refractivity contribution in [2.45, 2.75) is 0 Å². The Morgan fingerprint density at radius 2 is 2.12 bits per heavy atom. The lowest BCUT2D eigenvalue weighted by atomic mass is 10.3. The molecule has 0 aliphatic rings. The van der Waals surface area contributed by atoms with Gasteiger partial charge >= 0.3 is 0 Å². The van der Waals surface area contributed by atoms with E-state index in [0.29, 0.717) is 22.0 Å². The van der Waals surface area contributed by atoms with Gasteiger partial charge in [0.2, 0.25) is 0 Å². The Kier molecular flexibility index (Phi) is 2.15. The molecule has 2 N–H and O–H groups in total. The van der Waals surface area contributed by atoms with Crippen molar-refractivity contribution in [1.29, 1.82) is 0 Å². The van der Waals surface area contributed by atoms with Gasteiger partial charge in [0.15, 0.2) is 5.82 Å². The van der Waals surface area contributed by atoms with Crippen LogP contribution >= 0.6 is 11.6 Å². The standard InChI is InChI=1S/C10H7ClN6/c11-7-4-6(17-3-1-2-15-17)8-9(16-7)10(12)14-5-13-8/h1-5H,(H2,12,13,14). The van der Waals surface area contributed by atoms with Crippen LogP contribution in [0, 0.1) is 0 Å². The number of halogens is 1. The van der Waals surface area contributed by atoms with E-state index in [4.69, 9.17) is 17.3 Å². The molecule has 3 aromatic heterocycles. The minimum absolute atomic E-state index is 0.297. The molecule has 0 amide bonds. The second-order valence-electron chi connectivity index (χ2n) is 3.37. The van der Waals surface area contributed by atoms with Crippen molar-refractivity contribution in [2.24, 2.45) is 0 Å². The summed E-state index contributed by atoms with van der Waals surface area (Å²) in [5.74, 6) is 0.297. The molecule has 6 nitrogen and oxygen atoms in total. The first-order chi connectivity index (χ1) is 8.25. The minimum atomic E-state index is 0.297. The van der Waals surface area contributed by atoms with Crippen molar-refractivity contribution in [3.8, 4) is 5.69 Å². The fourth-order valence-electron chi connectivity index (χ4n) is 1.60. The van der Waals surface area contributed by atoms with E-state index in [1.54, 1.807) is 23.1 Å². The van der Waals surface area contributed by atoms with Gasteiger partial charge in [-0.25, -0.2) is 19.6 Å². The Hall–Kier alpha value is -2.21. The number of hydrogen-bond donors (Lipinski definition) is 1. The molecule has 0 saturated heterocycles. The molecule has 3 rings (SSSR count). The number of anilines is 1. The van der Waals surface area contributed by atoms with Crippen molar-refractivity contribution in [2.75, 3.05) is 5.73 Å². The molecule has 0 spiro atoms. The zero-order valence-electron chi connectivity index (χ0n) is 8.58. The summed E-state index contributed by atoms with van der Waals surface area (Å²) in [6, 6.07) is 3.49. The summed E-state index contributed by atoms with van der Waals surface area (Å²) >= 11 is 5.95. The summed E-state index contributed by atoms with van der Waals surface area (Å²) in [5.41, 5.74) is 7.56. The Morgan fingerprint density at radius 3 is 2.88 bits per heavy atom. The van der Waals surface area contributed by atoms with E-state index in [1.165, 1.54) is 6.33 Å². The topological polar surface area (TPSA) is 82.5 Å². The molecule has 0 fully saturated rings. The van der Waals surface area contributed by atoms with E-state index in [-0.39, 0.29) is 0 Å². The van der Waals surface area contributed by atoms with E-state index in [1.807, 2.05) is 6.07 Å². The van der Waals surface area contributed by atoms with Gasteiger partial charge in [-0.1, -0.05) is 11.6 Å². The lowest BCUT2D eigenvalue weighted by molar-refractivity contribution is 0.882. The number of nitrogens with zero attached hydrogens (tertiary/aromatic N) is 5. The number of pyridine rings is 1. The third-order valence-corrected chi connectivity index (χ3v) is 2.51. The summed E-state index contributed by atoms with van der Waals surface area (Å²) in [6.07, 6.45) is 4.86. The molecule has 0 unspecified atom stereocenters. The number of aromatic nitrogens is 5. The van der Waals surface area contributed by atoms with Gasteiger partial charge in [-0.2, -0.15) is 5.10 Å². The molecule has 0 aromatic carbocycles. The summed E-state index contributed by atoms with van der Waals surface area (Å²) in [5, 5.41) is 4.46. The highest BCUT2D eigenvalue weighted by atomic mass is 35.5. The minimum Gasteiger partial charge on any atom is -0.382 e. The van der Waals surface area contributed by atoms with Gasteiger partial charge < -0.3 is 5.73 Å². The van der Waals surface area contributed by atoms with Crippen molar-refractivity contribution < 1.29 is 0 Å². The number of fused-ring (bicyclic) bond motifs is 1. The van der Waals surface area contributed by atoms with Crippen molar-refractivity contribution in [1.82, 2.24) is 24.7 Å². The molecule has 3 heterocycles. The van der Waals surface area contributed by atoms with Crippen LogP contribution in [0.5, 0.6) is 0 Å². The van der Waals surface area contributed by atoms with Gasteiger partial charge in [0.25, 0.3) is 0 Å². The van der Waals surface area contributed by atoms with Gasteiger partial charge in [0.05, 0.1) is 5.69 Å². The highest BCUT2D eigenvalue weighted by Gasteiger charge is 2.10. The Labute approximate surface area is 101 Å². The average Bonchev–Trinajstić information content (AvgIpc) is 2.83. The second-order valence-corrected chi connectivity index (χ2v) is 3.76. The fourth-order valence-corrected chi connectivity index (χ4v) is 1.78. The molecular weight excluding hydrogens is 240 g/mol. The third-order valence-electron chi connectivity index (χ3n) is 2.32. The van der Waals surface area contributed by atoms with Crippen LogP contribution in [0.2, 0.25) is 5.15 Å². The highest BCUT2D eigenvalue weighted by Crippen LogP contribution is 2.24. The van der Waals surface area contributed by atoms with Gasteiger partial charge in [0, 0.05) is 18.5 Å². The van der Waals surface area contributed by atoms with Crippen LogP contribution < -0.4 is 5.73 Å². The van der Waals surface area contributed by atoms with Gasteiger partial charge in [-0.3, -0.25) is 0 Å². The van der Waals surface area contributed by atoms with Crippen LogP contribution in [-0.4, -0.2) is 24.7 Å². The molecule has 3 aromatic rings. The Bertz CT molecular complexity index is 679. The second kappa shape index (κ2) is 3.67. The summed E-state index contributed by atoms with van der Waals surface area (Å²) in [7, 11) is 0. The fraction of sp³-hybridized carbons (Fsp3) is 0. The van der Waals surface area contributed by atoms with Crippen LogP contribution in [0.25, 0.3) is 16.7 Å². The molecule has 0 radical (unpaired) electrons. The van der Waals surface area contributed by atoms with E-state index in [9.17, 15) is 0 Å². The maximum atomic E-state index is 5.95. The van der Waals surface area contributed by atoms with Crippen LogP contribution in [-0.2, 0) is 0 Å². The molecule has 0 bridgehead atoms. The SMILES string of the molecule is Nc1ncnc2c(-n3cccn3)cc(Cl)nc12. The van der Waals surface area contributed by atoms with Gasteiger partial charge in [-0.05, 0) is 6.07 Å². The first kappa shape index (κ1) is 9.98. The number of nitrogen functional groups attached to an aromatic ring is 1. The predicted octanol–water partition coefficient (Wildman–Crippen LogP) is 1.45. The molecular formula is C10H7ClN6. The highest BCUT2D eigenvalue weighted by molar-refractivity contribution is 6.30. The monoisotopic (exact) mass is 246 g/mol. The predicted molar refractivity (Wildman–Crippen MR) is 63.9 cm³/mol. The zero-order chi connectivity index (χ0) is 11.8. The number of rotatable bonds is 1. The van der Waals surface area contributed by atoms with E-state index >= 15 is 0 Å². The molecule has 84 valence electrons. The maximum Gasteiger partial charge on any atom is 0.153 e. The molecule has 0 aliphatic carbocycles. The first-order valence-electron chi connectivity index (χ1n) is 4.82. The Balaban J connectivity index is 2.42. The molecule has 0 aliphatic heterocycles. The molecule has 17 heavy (non-hydrogen) atoms. The summed E-state index contributed by atoms with van der Waals surface area (Å²) in [6.45, 7) is 0. The molecule has 0 saturated carbocycles. The molecule has 7 heteroatoms. The lowest BCUT2D eigenvalue weighted by Gasteiger charge is -2.06. The van der Waals surface area contributed by atoms with E-state index in [0.717, 1.165) is 5.69 Å². The van der Waals surface area contributed by atoms with Crippen LogP contribution in [0.4, 0.5) is 5.82 Å². The third kappa shape index (κ3) is 1.58. The average molecular weight is 247 g/mol. The largest absolute Gasteiger partial charge is 0.382 e.